The highest BCUT2D eigenvalue weighted by Crippen LogP contribution is 2.38. The van der Waals surface area contributed by atoms with E-state index in [9.17, 15) is 0 Å². The van der Waals surface area contributed by atoms with E-state index in [1.54, 1.807) is 40.5 Å². The fourth-order valence-corrected chi connectivity index (χ4v) is 3.11. The van der Waals surface area contributed by atoms with E-state index < -0.39 is 6.17 Å². The van der Waals surface area contributed by atoms with E-state index in [4.69, 9.17) is 39.0 Å². The standard InChI is InChI=1S/C15H14Cl2N8O/c16-10-2-1-9(5-11(10)17)25-13(19)12(18)24(14-15(25)23-26-22-14)4-3-8-6-20-7-21-8/h1-2,5-7,12,19H,3-4,18H2,(H,20,21). The number of halogens is 2. The van der Waals surface area contributed by atoms with Gasteiger partial charge in [0.2, 0.25) is 11.6 Å². The van der Waals surface area contributed by atoms with Crippen molar-refractivity contribution in [1.82, 2.24) is 20.3 Å². The summed E-state index contributed by atoms with van der Waals surface area (Å²) in [7, 11) is 0. The number of nitrogens with two attached hydrogens (primary N) is 1. The largest absolute Gasteiger partial charge is 0.348 e. The lowest BCUT2D eigenvalue weighted by atomic mass is 10.2. The van der Waals surface area contributed by atoms with Crippen molar-refractivity contribution >= 4 is 46.4 Å². The van der Waals surface area contributed by atoms with Crippen molar-refractivity contribution in [3.63, 3.8) is 0 Å². The summed E-state index contributed by atoms with van der Waals surface area (Å²) in [5, 5.41) is 17.2. The Morgan fingerprint density at radius 2 is 2.04 bits per heavy atom. The molecule has 0 radical (unpaired) electrons. The van der Waals surface area contributed by atoms with Crippen molar-refractivity contribution in [2.24, 2.45) is 5.73 Å². The summed E-state index contributed by atoms with van der Waals surface area (Å²) >= 11 is 12.1. The second-order valence-electron chi connectivity index (χ2n) is 5.70. The van der Waals surface area contributed by atoms with Gasteiger partial charge in [0.15, 0.2) is 0 Å². The molecule has 0 amide bonds. The van der Waals surface area contributed by atoms with Gasteiger partial charge in [-0.15, -0.1) is 0 Å². The highest BCUT2D eigenvalue weighted by atomic mass is 35.5. The molecule has 1 unspecified atom stereocenters. The van der Waals surface area contributed by atoms with Gasteiger partial charge in [0.1, 0.15) is 12.0 Å². The Balaban J connectivity index is 1.68. The molecule has 0 spiro atoms. The van der Waals surface area contributed by atoms with Crippen LogP contribution in [-0.2, 0) is 6.42 Å². The van der Waals surface area contributed by atoms with Crippen LogP contribution in [0.2, 0.25) is 10.0 Å². The number of nitrogens with one attached hydrogen (secondary N) is 2. The molecule has 2 aromatic heterocycles. The predicted octanol–water partition coefficient (Wildman–Crippen LogP) is 2.56. The zero-order valence-electron chi connectivity index (χ0n) is 13.4. The van der Waals surface area contributed by atoms with Gasteiger partial charge in [0.05, 0.1) is 22.1 Å². The van der Waals surface area contributed by atoms with Gasteiger partial charge in [-0.1, -0.05) is 23.2 Å². The summed E-state index contributed by atoms with van der Waals surface area (Å²) in [5.41, 5.74) is 7.85. The topological polar surface area (TPSA) is 124 Å². The van der Waals surface area contributed by atoms with Gasteiger partial charge in [-0.25, -0.2) is 9.61 Å². The molecule has 9 nitrogen and oxygen atoms in total. The molecular weight excluding hydrogens is 379 g/mol. The molecule has 1 aliphatic rings. The molecule has 0 saturated heterocycles. The minimum atomic E-state index is -0.730. The van der Waals surface area contributed by atoms with Crippen LogP contribution in [0.4, 0.5) is 17.3 Å². The molecule has 26 heavy (non-hydrogen) atoms. The van der Waals surface area contributed by atoms with Gasteiger partial charge >= 0.3 is 0 Å². The predicted molar refractivity (Wildman–Crippen MR) is 98.2 cm³/mol. The van der Waals surface area contributed by atoms with E-state index in [1.165, 1.54) is 0 Å². The number of anilines is 3. The molecular formula is C15H14Cl2N8O. The molecule has 1 aromatic carbocycles. The lowest BCUT2D eigenvalue weighted by molar-refractivity contribution is 0.308. The Bertz CT molecular complexity index is 941. The third kappa shape index (κ3) is 2.79. The molecule has 0 aliphatic carbocycles. The minimum absolute atomic E-state index is 0.121. The highest BCUT2D eigenvalue weighted by molar-refractivity contribution is 6.42. The van der Waals surface area contributed by atoms with Crippen molar-refractivity contribution in [1.29, 1.82) is 5.41 Å². The van der Waals surface area contributed by atoms with E-state index >= 15 is 0 Å². The van der Waals surface area contributed by atoms with E-state index in [0.717, 1.165) is 5.69 Å². The zero-order chi connectivity index (χ0) is 18.3. The Morgan fingerprint density at radius 3 is 2.77 bits per heavy atom. The maximum Gasteiger partial charge on any atom is 0.228 e. The van der Waals surface area contributed by atoms with Crippen LogP contribution < -0.4 is 15.5 Å². The van der Waals surface area contributed by atoms with Crippen LogP contribution in [-0.4, -0.2) is 38.8 Å². The second kappa shape index (κ2) is 6.60. The lowest BCUT2D eigenvalue weighted by Crippen LogP contribution is -2.57. The van der Waals surface area contributed by atoms with Crippen molar-refractivity contribution in [3.8, 4) is 0 Å². The number of rotatable bonds is 4. The molecule has 0 bridgehead atoms. The molecule has 11 heteroatoms. The number of imidazole rings is 1. The molecule has 4 N–H and O–H groups in total. The first kappa shape index (κ1) is 16.8. The van der Waals surface area contributed by atoms with Gasteiger partial charge in [-0.3, -0.25) is 10.3 Å². The number of H-pyrrole nitrogens is 1. The second-order valence-corrected chi connectivity index (χ2v) is 6.51. The Labute approximate surface area is 158 Å². The van der Waals surface area contributed by atoms with E-state index in [0.29, 0.717) is 40.3 Å². The maximum atomic E-state index is 8.52. The molecule has 3 heterocycles. The summed E-state index contributed by atoms with van der Waals surface area (Å²) in [5.74, 6) is 0.954. The van der Waals surface area contributed by atoms with Crippen LogP contribution in [0, 0.1) is 5.41 Å². The van der Waals surface area contributed by atoms with Gasteiger partial charge in [-0.2, -0.15) is 0 Å². The quantitative estimate of drug-likeness (QED) is 0.622. The van der Waals surface area contributed by atoms with Crippen molar-refractivity contribution in [2.75, 3.05) is 16.3 Å². The average Bonchev–Trinajstić information content (AvgIpc) is 3.30. The first-order chi connectivity index (χ1) is 12.6. The average molecular weight is 393 g/mol. The monoisotopic (exact) mass is 392 g/mol. The minimum Gasteiger partial charge on any atom is -0.348 e. The molecule has 0 fully saturated rings. The van der Waals surface area contributed by atoms with E-state index in [1.807, 2.05) is 0 Å². The van der Waals surface area contributed by atoms with Crippen LogP contribution in [0.5, 0.6) is 0 Å². The van der Waals surface area contributed by atoms with Crippen molar-refractivity contribution < 1.29 is 4.63 Å². The number of amidine groups is 1. The normalized spacial score (nSPS) is 16.9. The number of hydrogen-bond donors (Lipinski definition) is 3. The number of hydrogen-bond acceptors (Lipinski definition) is 7. The summed E-state index contributed by atoms with van der Waals surface area (Å²) < 4.78 is 4.92. The number of aromatic nitrogens is 4. The van der Waals surface area contributed by atoms with Crippen LogP contribution >= 0.6 is 23.2 Å². The summed E-state index contributed by atoms with van der Waals surface area (Å²) in [6.45, 7) is 0.516. The fourth-order valence-electron chi connectivity index (χ4n) is 2.82. The molecule has 0 saturated carbocycles. The Hall–Kier alpha value is -2.62. The first-order valence-corrected chi connectivity index (χ1v) is 8.47. The van der Waals surface area contributed by atoms with Gasteiger partial charge in [-0.05, 0) is 28.5 Å². The number of aromatic amines is 1. The van der Waals surface area contributed by atoms with E-state index in [2.05, 4.69) is 20.3 Å². The Kier molecular flexibility index (Phi) is 4.27. The molecule has 3 aromatic rings. The summed E-state index contributed by atoms with van der Waals surface area (Å²) in [6.07, 6.45) is 3.28. The van der Waals surface area contributed by atoms with Gasteiger partial charge in [0.25, 0.3) is 0 Å². The SMILES string of the molecule is N=C1C(N)N(CCc2cnc[nH]2)c2nonc2N1c1ccc(Cl)c(Cl)c1. The Morgan fingerprint density at radius 1 is 1.23 bits per heavy atom. The zero-order valence-corrected chi connectivity index (χ0v) is 14.9. The number of fused-ring (bicyclic) bond motifs is 1. The summed E-state index contributed by atoms with van der Waals surface area (Å²) in [4.78, 5) is 10.3. The maximum absolute atomic E-state index is 8.52. The number of nitrogens with zero attached hydrogens (tertiary/aromatic N) is 5. The third-order valence-corrected chi connectivity index (χ3v) is 4.87. The van der Waals surface area contributed by atoms with Gasteiger partial charge in [0, 0.05) is 24.9 Å². The lowest BCUT2D eigenvalue weighted by Gasteiger charge is -2.38. The van der Waals surface area contributed by atoms with Crippen molar-refractivity contribution in [2.45, 2.75) is 12.6 Å². The molecule has 1 atom stereocenters. The van der Waals surface area contributed by atoms with Crippen LogP contribution in [0.25, 0.3) is 0 Å². The van der Waals surface area contributed by atoms with Crippen molar-refractivity contribution in [3.05, 3.63) is 46.5 Å². The fraction of sp³-hybridized carbons (Fsp3) is 0.200. The highest BCUT2D eigenvalue weighted by Gasteiger charge is 2.38. The van der Waals surface area contributed by atoms with E-state index in [-0.39, 0.29) is 5.84 Å². The van der Waals surface area contributed by atoms with Gasteiger partial charge < -0.3 is 15.6 Å². The molecule has 4 rings (SSSR count). The van der Waals surface area contributed by atoms with Crippen LogP contribution in [0.15, 0.2) is 35.4 Å². The first-order valence-electron chi connectivity index (χ1n) is 7.72. The third-order valence-electron chi connectivity index (χ3n) is 4.13. The number of benzene rings is 1. The molecule has 134 valence electrons. The smallest absolute Gasteiger partial charge is 0.228 e. The van der Waals surface area contributed by atoms with Crippen LogP contribution in [0.1, 0.15) is 5.69 Å². The molecule has 1 aliphatic heterocycles. The van der Waals surface area contributed by atoms with Crippen LogP contribution in [0.3, 0.4) is 0 Å². The summed E-state index contributed by atoms with van der Waals surface area (Å²) in [6, 6.07) is 5.02.